The molecule has 1 unspecified atom stereocenters. The van der Waals surface area contributed by atoms with Crippen molar-refractivity contribution in [3.8, 4) is 6.07 Å². The third kappa shape index (κ3) is 4.98. The zero-order chi connectivity index (χ0) is 25.1. The van der Waals surface area contributed by atoms with Crippen molar-refractivity contribution in [2.24, 2.45) is 0 Å². The van der Waals surface area contributed by atoms with Gasteiger partial charge in [0.2, 0.25) is 11.8 Å². The number of piperazine rings is 1. The molecule has 0 bridgehead atoms. The van der Waals surface area contributed by atoms with Gasteiger partial charge in [-0.2, -0.15) is 5.26 Å². The standard InChI is InChI=1S/C28H31N5O3/c29-18-20-7-9-22(10-8-20)32-16-14-31(15-17-32)13-2-1-4-21-5-3-6-23-24(21)19-33(28(23)36)25-11-12-26(34)30-27(25)35/h3,5-10,25H,1-2,4,11-17,19H2,(H,30,34,35). The number of benzene rings is 2. The zero-order valence-corrected chi connectivity index (χ0v) is 20.4. The smallest absolute Gasteiger partial charge is 0.255 e. The second-order valence-corrected chi connectivity index (χ2v) is 9.79. The molecule has 0 aliphatic carbocycles. The number of carbonyl (C=O) groups excluding carboxylic acids is 3. The maximum atomic E-state index is 13.0. The van der Waals surface area contributed by atoms with Crippen LogP contribution >= 0.6 is 0 Å². The molecule has 2 aromatic carbocycles. The van der Waals surface area contributed by atoms with Crippen molar-refractivity contribution in [3.05, 3.63) is 64.7 Å². The first-order chi connectivity index (χ1) is 17.5. The number of nitrogens with zero attached hydrogens (tertiary/aromatic N) is 4. The molecule has 2 saturated heterocycles. The van der Waals surface area contributed by atoms with Crippen molar-refractivity contribution in [1.29, 1.82) is 5.26 Å². The van der Waals surface area contributed by atoms with Gasteiger partial charge in [-0.15, -0.1) is 0 Å². The van der Waals surface area contributed by atoms with Crippen LogP contribution in [0.25, 0.3) is 0 Å². The van der Waals surface area contributed by atoms with Crippen molar-refractivity contribution >= 4 is 23.4 Å². The third-order valence-electron chi connectivity index (χ3n) is 7.58. The highest BCUT2D eigenvalue weighted by molar-refractivity contribution is 6.05. The Hall–Kier alpha value is -3.70. The van der Waals surface area contributed by atoms with E-state index in [1.54, 1.807) is 4.90 Å². The largest absolute Gasteiger partial charge is 0.369 e. The number of unbranched alkanes of at least 4 members (excludes halogenated alkanes) is 1. The highest BCUT2D eigenvalue weighted by Gasteiger charge is 2.39. The fourth-order valence-electron chi connectivity index (χ4n) is 5.51. The highest BCUT2D eigenvalue weighted by Crippen LogP contribution is 2.30. The van der Waals surface area contributed by atoms with Crippen LogP contribution in [0.2, 0.25) is 0 Å². The molecular weight excluding hydrogens is 454 g/mol. The molecule has 8 heteroatoms. The number of hydrogen-bond acceptors (Lipinski definition) is 6. The van der Waals surface area contributed by atoms with E-state index in [1.807, 2.05) is 36.4 Å². The molecule has 1 N–H and O–H groups in total. The molecule has 1 atom stereocenters. The average Bonchev–Trinajstić information content (AvgIpc) is 3.24. The predicted octanol–water partition coefficient (Wildman–Crippen LogP) is 2.46. The second-order valence-electron chi connectivity index (χ2n) is 9.79. The number of piperidine rings is 1. The molecule has 2 aromatic rings. The summed E-state index contributed by atoms with van der Waals surface area (Å²) in [4.78, 5) is 43.3. The van der Waals surface area contributed by atoms with Crippen molar-refractivity contribution in [2.75, 3.05) is 37.6 Å². The maximum Gasteiger partial charge on any atom is 0.255 e. The van der Waals surface area contributed by atoms with Gasteiger partial charge in [-0.3, -0.25) is 24.6 Å². The minimum Gasteiger partial charge on any atom is -0.369 e. The lowest BCUT2D eigenvalue weighted by atomic mass is 9.98. The van der Waals surface area contributed by atoms with Crippen LogP contribution < -0.4 is 10.2 Å². The number of nitrogens with one attached hydrogen (secondary N) is 1. The molecule has 3 aliphatic rings. The Kier molecular flexibility index (Phi) is 7.01. The third-order valence-corrected chi connectivity index (χ3v) is 7.58. The van der Waals surface area contributed by atoms with E-state index >= 15 is 0 Å². The fourth-order valence-corrected chi connectivity index (χ4v) is 5.51. The summed E-state index contributed by atoms with van der Waals surface area (Å²) in [5.74, 6) is -0.744. The molecule has 8 nitrogen and oxygen atoms in total. The van der Waals surface area contributed by atoms with Gasteiger partial charge in [-0.25, -0.2) is 0 Å². The van der Waals surface area contributed by atoms with Gasteiger partial charge in [0, 0.05) is 50.4 Å². The summed E-state index contributed by atoms with van der Waals surface area (Å²) in [6, 6.07) is 15.3. The molecule has 3 heterocycles. The molecule has 0 spiro atoms. The van der Waals surface area contributed by atoms with Crippen LogP contribution in [-0.2, 0) is 22.6 Å². The first-order valence-corrected chi connectivity index (χ1v) is 12.8. The number of amides is 3. The van der Waals surface area contributed by atoms with Gasteiger partial charge in [0.15, 0.2) is 0 Å². The van der Waals surface area contributed by atoms with Gasteiger partial charge < -0.3 is 9.80 Å². The van der Waals surface area contributed by atoms with E-state index in [0.717, 1.165) is 57.5 Å². The van der Waals surface area contributed by atoms with Crippen molar-refractivity contribution < 1.29 is 14.4 Å². The summed E-state index contributed by atoms with van der Waals surface area (Å²) >= 11 is 0. The number of rotatable bonds is 7. The van der Waals surface area contributed by atoms with Crippen LogP contribution in [-0.4, -0.2) is 66.3 Å². The van der Waals surface area contributed by atoms with E-state index in [4.69, 9.17) is 5.26 Å². The Morgan fingerprint density at radius 1 is 0.972 bits per heavy atom. The van der Waals surface area contributed by atoms with Crippen LogP contribution in [0, 0.1) is 11.3 Å². The zero-order valence-electron chi connectivity index (χ0n) is 20.4. The number of anilines is 1. The van der Waals surface area contributed by atoms with Crippen molar-refractivity contribution in [3.63, 3.8) is 0 Å². The normalized spacial score (nSPS) is 20.3. The SMILES string of the molecule is N#Cc1ccc(N2CCN(CCCCc3cccc4c3CN(C3CCC(=O)NC3=O)C4=O)CC2)cc1. The van der Waals surface area contributed by atoms with Crippen LogP contribution in [0.1, 0.15) is 52.7 Å². The van der Waals surface area contributed by atoms with E-state index < -0.39 is 6.04 Å². The van der Waals surface area contributed by atoms with Crippen LogP contribution in [0.5, 0.6) is 0 Å². The lowest BCUT2D eigenvalue weighted by Crippen LogP contribution is -2.52. The summed E-state index contributed by atoms with van der Waals surface area (Å²) < 4.78 is 0. The van der Waals surface area contributed by atoms with Gasteiger partial charge in [-0.1, -0.05) is 12.1 Å². The molecule has 36 heavy (non-hydrogen) atoms. The number of imide groups is 1. The van der Waals surface area contributed by atoms with E-state index in [1.165, 1.54) is 11.3 Å². The van der Waals surface area contributed by atoms with Gasteiger partial charge in [-0.05, 0) is 73.7 Å². The molecule has 3 aliphatic heterocycles. The fraction of sp³-hybridized carbons (Fsp3) is 0.429. The molecule has 186 valence electrons. The van der Waals surface area contributed by atoms with E-state index in [9.17, 15) is 14.4 Å². The topological polar surface area (TPSA) is 96.8 Å². The highest BCUT2D eigenvalue weighted by atomic mass is 16.2. The van der Waals surface area contributed by atoms with Crippen molar-refractivity contribution in [1.82, 2.24) is 15.1 Å². The Morgan fingerprint density at radius 2 is 1.75 bits per heavy atom. The minimum absolute atomic E-state index is 0.110. The predicted molar refractivity (Wildman–Crippen MR) is 135 cm³/mol. The quantitative estimate of drug-likeness (QED) is 0.478. The first kappa shape index (κ1) is 24.0. The van der Waals surface area contributed by atoms with Gasteiger partial charge in [0.1, 0.15) is 6.04 Å². The van der Waals surface area contributed by atoms with Gasteiger partial charge in [0.25, 0.3) is 5.91 Å². The second kappa shape index (κ2) is 10.5. The summed E-state index contributed by atoms with van der Waals surface area (Å²) in [5.41, 5.74) is 4.77. The molecule has 0 radical (unpaired) electrons. The summed E-state index contributed by atoms with van der Waals surface area (Å²) in [7, 11) is 0. The summed E-state index contributed by atoms with van der Waals surface area (Å²) in [6.45, 7) is 5.50. The Bertz CT molecular complexity index is 1190. The lowest BCUT2D eigenvalue weighted by Gasteiger charge is -2.36. The van der Waals surface area contributed by atoms with Crippen LogP contribution in [0.15, 0.2) is 42.5 Å². The Labute approximate surface area is 211 Å². The first-order valence-electron chi connectivity index (χ1n) is 12.8. The molecule has 0 aromatic heterocycles. The molecular formula is C28H31N5O3. The average molecular weight is 486 g/mol. The van der Waals surface area contributed by atoms with Crippen LogP contribution in [0.3, 0.4) is 0 Å². The minimum atomic E-state index is -0.571. The Balaban J connectivity index is 1.10. The number of carbonyl (C=O) groups is 3. The van der Waals surface area contributed by atoms with Crippen LogP contribution in [0.4, 0.5) is 5.69 Å². The summed E-state index contributed by atoms with van der Waals surface area (Å²) in [6.07, 6.45) is 3.69. The number of fused-ring (bicyclic) bond motifs is 1. The monoisotopic (exact) mass is 485 g/mol. The molecule has 2 fully saturated rings. The molecule has 5 rings (SSSR count). The summed E-state index contributed by atoms with van der Waals surface area (Å²) in [5, 5.41) is 11.3. The van der Waals surface area contributed by atoms with Gasteiger partial charge in [0.05, 0.1) is 11.6 Å². The lowest BCUT2D eigenvalue weighted by molar-refractivity contribution is -0.136. The molecule has 0 saturated carbocycles. The van der Waals surface area contributed by atoms with Crippen molar-refractivity contribution in [2.45, 2.75) is 44.7 Å². The number of aryl methyl sites for hydroxylation is 1. The Morgan fingerprint density at radius 3 is 2.47 bits per heavy atom. The maximum absolute atomic E-state index is 13.0. The number of hydrogen-bond donors (Lipinski definition) is 1. The van der Waals surface area contributed by atoms with Gasteiger partial charge >= 0.3 is 0 Å². The number of nitriles is 1. The van der Waals surface area contributed by atoms with E-state index in [-0.39, 0.29) is 24.1 Å². The van der Waals surface area contributed by atoms with E-state index in [0.29, 0.717) is 24.1 Å². The van der Waals surface area contributed by atoms with E-state index in [2.05, 4.69) is 27.3 Å². The molecule has 3 amide bonds.